The van der Waals surface area contributed by atoms with Gasteiger partial charge in [0.15, 0.2) is 18.2 Å². The van der Waals surface area contributed by atoms with Crippen molar-refractivity contribution in [2.45, 2.75) is 13.5 Å². The number of ether oxygens (including phenoxy) is 1. The van der Waals surface area contributed by atoms with E-state index in [0.717, 1.165) is 5.69 Å². The molecule has 126 valence electrons. The summed E-state index contributed by atoms with van der Waals surface area (Å²) in [5, 5.41) is 4.18. The Balaban J connectivity index is 1.48. The van der Waals surface area contributed by atoms with Gasteiger partial charge in [0.2, 0.25) is 0 Å². The average molecular weight is 331 g/mol. The number of likely N-dealkylation sites (tertiary alicyclic amines) is 1. The second-order valence-corrected chi connectivity index (χ2v) is 5.88. The molecule has 1 saturated heterocycles. The number of halogens is 1. The minimum absolute atomic E-state index is 0.0680. The highest BCUT2D eigenvalue weighted by molar-refractivity contribution is 5.78. The maximum atomic E-state index is 13.4. The quantitative estimate of drug-likeness (QED) is 0.827. The Labute approximate surface area is 138 Å². The van der Waals surface area contributed by atoms with E-state index in [0.29, 0.717) is 19.6 Å². The highest BCUT2D eigenvalue weighted by Gasteiger charge is 2.31. The van der Waals surface area contributed by atoms with Gasteiger partial charge in [-0.05, 0) is 25.1 Å². The van der Waals surface area contributed by atoms with Gasteiger partial charge in [-0.3, -0.25) is 9.59 Å². The van der Waals surface area contributed by atoms with Gasteiger partial charge in [0.05, 0.1) is 12.2 Å². The van der Waals surface area contributed by atoms with Crippen LogP contribution in [-0.2, 0) is 11.3 Å². The maximum Gasteiger partial charge on any atom is 0.266 e. The summed E-state index contributed by atoms with van der Waals surface area (Å²) in [5.74, 6) is -0.427. The van der Waals surface area contributed by atoms with Gasteiger partial charge in [-0.1, -0.05) is 12.1 Å². The first kappa shape index (κ1) is 16.2. The minimum Gasteiger partial charge on any atom is -0.481 e. The van der Waals surface area contributed by atoms with Crippen molar-refractivity contribution in [2.75, 3.05) is 19.7 Å². The molecule has 0 radical (unpaired) electrons. The molecule has 1 fully saturated rings. The molecule has 1 aliphatic rings. The van der Waals surface area contributed by atoms with Gasteiger partial charge in [0.1, 0.15) is 0 Å². The molecule has 0 spiro atoms. The van der Waals surface area contributed by atoms with Crippen molar-refractivity contribution in [1.82, 2.24) is 14.7 Å². The smallest absolute Gasteiger partial charge is 0.266 e. The van der Waals surface area contributed by atoms with Crippen LogP contribution in [0.15, 0.2) is 41.2 Å². The summed E-state index contributed by atoms with van der Waals surface area (Å²) in [7, 11) is 0. The fraction of sp³-hybridized carbons (Fsp3) is 0.353. The molecule has 0 aliphatic carbocycles. The number of nitrogens with zero attached hydrogens (tertiary/aromatic N) is 3. The second-order valence-electron chi connectivity index (χ2n) is 5.88. The Kier molecular flexibility index (Phi) is 4.59. The van der Waals surface area contributed by atoms with Crippen molar-refractivity contribution < 1.29 is 13.9 Å². The van der Waals surface area contributed by atoms with Crippen LogP contribution in [0.3, 0.4) is 0 Å². The summed E-state index contributed by atoms with van der Waals surface area (Å²) in [6, 6.07) is 9.14. The lowest BCUT2D eigenvalue weighted by atomic mass is 10.0. The molecule has 1 aromatic carbocycles. The number of carbonyl (C=O) groups excluding carboxylic acids is 1. The summed E-state index contributed by atoms with van der Waals surface area (Å²) in [4.78, 5) is 25.4. The summed E-state index contributed by atoms with van der Waals surface area (Å²) < 4.78 is 20.1. The number of aryl methyl sites for hydroxylation is 1. The molecular weight excluding hydrogens is 313 g/mol. The van der Waals surface area contributed by atoms with Crippen molar-refractivity contribution in [3.05, 3.63) is 58.3 Å². The number of rotatable bonds is 5. The lowest BCUT2D eigenvalue weighted by Gasteiger charge is -2.39. The number of aromatic nitrogens is 2. The van der Waals surface area contributed by atoms with Crippen LogP contribution in [-0.4, -0.2) is 40.3 Å². The Morgan fingerprint density at radius 2 is 2.04 bits per heavy atom. The normalized spacial score (nSPS) is 14.3. The van der Waals surface area contributed by atoms with Crippen LogP contribution in [0.5, 0.6) is 5.75 Å². The number of hydrogen-bond acceptors (Lipinski definition) is 4. The van der Waals surface area contributed by atoms with Crippen LogP contribution in [0, 0.1) is 18.7 Å². The highest BCUT2D eigenvalue weighted by Crippen LogP contribution is 2.19. The van der Waals surface area contributed by atoms with Gasteiger partial charge < -0.3 is 9.64 Å². The van der Waals surface area contributed by atoms with E-state index in [1.807, 2.05) is 6.92 Å². The molecule has 2 heterocycles. The summed E-state index contributed by atoms with van der Waals surface area (Å²) >= 11 is 0. The molecular formula is C17H18FN3O3. The standard InChI is InChI=1S/C17H18FN3O3/c1-12-6-7-16(22)21(19-12)10-13-8-20(9-13)17(23)11-24-15-5-3-2-4-14(15)18/h2-7,13H,8-11H2,1H3. The minimum atomic E-state index is -0.489. The second kappa shape index (κ2) is 6.82. The highest BCUT2D eigenvalue weighted by atomic mass is 19.1. The van der Waals surface area contributed by atoms with Gasteiger partial charge in [-0.15, -0.1) is 0 Å². The van der Waals surface area contributed by atoms with Gasteiger partial charge >= 0.3 is 0 Å². The zero-order valence-corrected chi connectivity index (χ0v) is 13.3. The predicted molar refractivity (Wildman–Crippen MR) is 85.2 cm³/mol. The van der Waals surface area contributed by atoms with Gasteiger partial charge in [0.25, 0.3) is 11.5 Å². The Bertz CT molecular complexity index is 800. The van der Waals surface area contributed by atoms with E-state index in [2.05, 4.69) is 5.10 Å². The van der Waals surface area contributed by atoms with E-state index in [1.54, 1.807) is 23.1 Å². The molecule has 0 unspecified atom stereocenters. The van der Waals surface area contributed by atoms with Crippen molar-refractivity contribution in [3.8, 4) is 5.75 Å². The van der Waals surface area contributed by atoms with E-state index in [1.165, 1.54) is 22.9 Å². The molecule has 24 heavy (non-hydrogen) atoms. The molecule has 2 aromatic rings. The topological polar surface area (TPSA) is 64.4 Å². The third kappa shape index (κ3) is 3.61. The van der Waals surface area contributed by atoms with Crippen LogP contribution in [0.4, 0.5) is 4.39 Å². The van der Waals surface area contributed by atoms with Crippen molar-refractivity contribution in [3.63, 3.8) is 0 Å². The molecule has 6 nitrogen and oxygen atoms in total. The van der Waals surface area contributed by atoms with Crippen LogP contribution in [0.25, 0.3) is 0 Å². The van der Waals surface area contributed by atoms with Crippen LogP contribution in [0.2, 0.25) is 0 Å². The lowest BCUT2D eigenvalue weighted by Crippen LogP contribution is -2.53. The fourth-order valence-corrected chi connectivity index (χ4v) is 2.61. The van der Waals surface area contributed by atoms with Gasteiger partial charge in [0, 0.05) is 25.1 Å². The van der Waals surface area contributed by atoms with Gasteiger partial charge in [-0.25, -0.2) is 9.07 Å². The molecule has 0 saturated carbocycles. The lowest BCUT2D eigenvalue weighted by molar-refractivity contribution is -0.140. The first-order valence-corrected chi connectivity index (χ1v) is 7.73. The van der Waals surface area contributed by atoms with E-state index >= 15 is 0 Å². The predicted octanol–water partition coefficient (Wildman–Crippen LogP) is 1.23. The van der Waals surface area contributed by atoms with E-state index < -0.39 is 5.82 Å². The Morgan fingerprint density at radius 3 is 2.79 bits per heavy atom. The molecule has 1 aliphatic heterocycles. The first-order chi connectivity index (χ1) is 11.5. The Morgan fingerprint density at radius 1 is 1.29 bits per heavy atom. The number of amides is 1. The van der Waals surface area contributed by atoms with Crippen molar-refractivity contribution >= 4 is 5.91 Å². The van der Waals surface area contributed by atoms with E-state index in [9.17, 15) is 14.0 Å². The first-order valence-electron chi connectivity index (χ1n) is 7.73. The molecule has 3 rings (SSSR count). The molecule has 0 N–H and O–H groups in total. The summed E-state index contributed by atoms with van der Waals surface area (Å²) in [6.45, 7) is 3.20. The Hall–Kier alpha value is -2.70. The number of carbonyl (C=O) groups is 1. The molecule has 7 heteroatoms. The summed E-state index contributed by atoms with van der Waals surface area (Å²) in [5.41, 5.74) is 0.633. The van der Waals surface area contributed by atoms with Crippen LogP contribution in [0.1, 0.15) is 5.69 Å². The fourth-order valence-electron chi connectivity index (χ4n) is 2.61. The SMILES string of the molecule is Cc1ccc(=O)n(CC2CN(C(=O)COc3ccccc3F)C2)n1. The molecule has 0 bridgehead atoms. The molecule has 1 aromatic heterocycles. The van der Waals surface area contributed by atoms with Crippen molar-refractivity contribution in [2.24, 2.45) is 5.92 Å². The third-order valence-electron chi connectivity index (χ3n) is 3.93. The largest absolute Gasteiger partial charge is 0.481 e. The third-order valence-corrected chi connectivity index (χ3v) is 3.93. The van der Waals surface area contributed by atoms with Crippen molar-refractivity contribution in [1.29, 1.82) is 0 Å². The number of benzene rings is 1. The average Bonchev–Trinajstić information content (AvgIpc) is 2.52. The zero-order chi connectivity index (χ0) is 17.1. The number of hydrogen-bond donors (Lipinski definition) is 0. The molecule has 0 atom stereocenters. The zero-order valence-electron chi connectivity index (χ0n) is 13.3. The molecule has 1 amide bonds. The maximum absolute atomic E-state index is 13.4. The van der Waals surface area contributed by atoms with Gasteiger partial charge in [-0.2, -0.15) is 5.10 Å². The summed E-state index contributed by atoms with van der Waals surface area (Å²) in [6.07, 6.45) is 0. The number of para-hydroxylation sites is 1. The monoisotopic (exact) mass is 331 g/mol. The van der Waals surface area contributed by atoms with E-state index in [-0.39, 0.29) is 29.7 Å². The van der Waals surface area contributed by atoms with E-state index in [4.69, 9.17) is 4.74 Å². The van der Waals surface area contributed by atoms with Crippen LogP contribution < -0.4 is 10.3 Å². The van der Waals surface area contributed by atoms with Crippen LogP contribution >= 0.6 is 0 Å².